The Kier molecular flexibility index (Phi) is 4.83. The van der Waals surface area contributed by atoms with Gasteiger partial charge in [0.2, 0.25) is 0 Å². The molecule has 2 N–H and O–H groups in total. The SMILES string of the molecule is Cc1ccc(CCn2c(CC(C)N)nc3cc(Br)ccc32)cc1. The maximum atomic E-state index is 6.01. The molecule has 1 heterocycles. The summed E-state index contributed by atoms with van der Waals surface area (Å²) in [6.07, 6.45) is 1.79. The van der Waals surface area contributed by atoms with Crippen molar-refractivity contribution in [3.8, 4) is 0 Å². The van der Waals surface area contributed by atoms with Crippen molar-refractivity contribution in [3.05, 3.63) is 63.9 Å². The third-order valence-electron chi connectivity index (χ3n) is 4.04. The summed E-state index contributed by atoms with van der Waals surface area (Å²) in [6.45, 7) is 5.06. The smallest absolute Gasteiger partial charge is 0.111 e. The number of aromatic nitrogens is 2. The van der Waals surface area contributed by atoms with Gasteiger partial charge in [-0.25, -0.2) is 4.98 Å². The molecule has 0 bridgehead atoms. The molecular formula is C19H22BrN3. The van der Waals surface area contributed by atoms with E-state index >= 15 is 0 Å². The van der Waals surface area contributed by atoms with Crippen LogP contribution in [-0.4, -0.2) is 15.6 Å². The molecular weight excluding hydrogens is 350 g/mol. The number of rotatable bonds is 5. The van der Waals surface area contributed by atoms with Gasteiger partial charge in [0.15, 0.2) is 0 Å². The standard InChI is InChI=1S/C19H22BrN3/c1-13-3-5-15(6-4-13)9-10-23-18-8-7-16(20)12-17(18)22-19(23)11-14(2)21/h3-8,12,14H,9-11,21H2,1-2H3. The molecule has 3 nitrogen and oxygen atoms in total. The Hall–Kier alpha value is -1.65. The van der Waals surface area contributed by atoms with E-state index in [0.717, 1.165) is 35.2 Å². The molecule has 1 unspecified atom stereocenters. The van der Waals surface area contributed by atoms with Gasteiger partial charge in [0.25, 0.3) is 0 Å². The number of nitrogens with two attached hydrogens (primary N) is 1. The highest BCUT2D eigenvalue weighted by Gasteiger charge is 2.12. The lowest BCUT2D eigenvalue weighted by Gasteiger charge is -2.11. The van der Waals surface area contributed by atoms with Gasteiger partial charge in [-0.15, -0.1) is 0 Å². The Labute approximate surface area is 145 Å². The molecule has 23 heavy (non-hydrogen) atoms. The maximum Gasteiger partial charge on any atom is 0.111 e. The second-order valence-corrected chi connectivity index (χ2v) is 7.15. The molecule has 120 valence electrons. The fourth-order valence-electron chi connectivity index (χ4n) is 2.84. The maximum absolute atomic E-state index is 6.01. The average molecular weight is 372 g/mol. The molecule has 0 spiro atoms. The number of halogens is 1. The first kappa shape index (κ1) is 16.2. The second kappa shape index (κ2) is 6.85. The van der Waals surface area contributed by atoms with Crippen LogP contribution >= 0.6 is 15.9 Å². The molecule has 0 radical (unpaired) electrons. The molecule has 4 heteroatoms. The lowest BCUT2D eigenvalue weighted by Crippen LogP contribution is -2.21. The quantitative estimate of drug-likeness (QED) is 0.728. The van der Waals surface area contributed by atoms with Crippen LogP contribution in [0.15, 0.2) is 46.9 Å². The number of nitrogens with zero attached hydrogens (tertiary/aromatic N) is 2. The van der Waals surface area contributed by atoms with Crippen LogP contribution in [0, 0.1) is 6.92 Å². The zero-order valence-electron chi connectivity index (χ0n) is 13.6. The Morgan fingerprint density at radius 1 is 1.17 bits per heavy atom. The van der Waals surface area contributed by atoms with Gasteiger partial charge in [-0.2, -0.15) is 0 Å². The summed E-state index contributed by atoms with van der Waals surface area (Å²) in [4.78, 5) is 4.79. The fourth-order valence-corrected chi connectivity index (χ4v) is 3.19. The summed E-state index contributed by atoms with van der Waals surface area (Å²) in [5, 5.41) is 0. The van der Waals surface area contributed by atoms with Crippen LogP contribution in [0.2, 0.25) is 0 Å². The van der Waals surface area contributed by atoms with Gasteiger partial charge >= 0.3 is 0 Å². The number of benzene rings is 2. The largest absolute Gasteiger partial charge is 0.328 e. The van der Waals surface area contributed by atoms with E-state index in [1.807, 2.05) is 6.92 Å². The highest BCUT2D eigenvalue weighted by molar-refractivity contribution is 9.10. The van der Waals surface area contributed by atoms with E-state index in [1.165, 1.54) is 16.6 Å². The molecule has 0 amide bonds. The monoisotopic (exact) mass is 371 g/mol. The van der Waals surface area contributed by atoms with E-state index in [0.29, 0.717) is 0 Å². The van der Waals surface area contributed by atoms with E-state index in [9.17, 15) is 0 Å². The predicted molar refractivity (Wildman–Crippen MR) is 99.7 cm³/mol. The number of aryl methyl sites for hydroxylation is 3. The number of hydrogen-bond acceptors (Lipinski definition) is 2. The summed E-state index contributed by atoms with van der Waals surface area (Å²) < 4.78 is 3.37. The first-order valence-corrected chi connectivity index (χ1v) is 8.78. The molecule has 3 rings (SSSR count). The Bertz CT molecular complexity index is 803. The van der Waals surface area contributed by atoms with Crippen LogP contribution in [0.3, 0.4) is 0 Å². The minimum absolute atomic E-state index is 0.105. The number of imidazole rings is 1. The fraction of sp³-hybridized carbons (Fsp3) is 0.316. The third kappa shape index (κ3) is 3.82. The van der Waals surface area contributed by atoms with E-state index < -0.39 is 0 Å². The van der Waals surface area contributed by atoms with Crippen LogP contribution in [0.5, 0.6) is 0 Å². The molecule has 0 aliphatic carbocycles. The molecule has 0 aliphatic rings. The van der Waals surface area contributed by atoms with Gasteiger partial charge in [0.05, 0.1) is 11.0 Å². The zero-order valence-corrected chi connectivity index (χ0v) is 15.2. The summed E-state index contributed by atoms with van der Waals surface area (Å²) in [5.74, 6) is 1.07. The van der Waals surface area contributed by atoms with Crippen molar-refractivity contribution >= 4 is 27.0 Å². The van der Waals surface area contributed by atoms with Gasteiger partial charge in [0.1, 0.15) is 5.82 Å². The minimum atomic E-state index is 0.105. The molecule has 1 aromatic heterocycles. The first-order chi connectivity index (χ1) is 11.0. The molecule has 2 aromatic carbocycles. The van der Waals surface area contributed by atoms with Gasteiger partial charge in [-0.1, -0.05) is 45.8 Å². The Morgan fingerprint density at radius 3 is 2.61 bits per heavy atom. The minimum Gasteiger partial charge on any atom is -0.328 e. The van der Waals surface area contributed by atoms with Crippen molar-refractivity contribution in [2.45, 2.75) is 39.3 Å². The Balaban J connectivity index is 1.91. The van der Waals surface area contributed by atoms with Crippen LogP contribution in [0.1, 0.15) is 23.9 Å². The van der Waals surface area contributed by atoms with Gasteiger partial charge in [-0.05, 0) is 44.0 Å². The topological polar surface area (TPSA) is 43.8 Å². The summed E-state index contributed by atoms with van der Waals surface area (Å²) in [6, 6.07) is 15.1. The molecule has 1 atom stereocenters. The molecule has 0 saturated heterocycles. The van der Waals surface area contributed by atoms with Gasteiger partial charge < -0.3 is 10.3 Å². The van der Waals surface area contributed by atoms with E-state index in [2.05, 4.69) is 69.9 Å². The normalized spacial score (nSPS) is 12.7. The van der Waals surface area contributed by atoms with Crippen LogP contribution in [0.25, 0.3) is 11.0 Å². The molecule has 0 aliphatic heterocycles. The van der Waals surface area contributed by atoms with Crippen LogP contribution in [-0.2, 0) is 19.4 Å². The molecule has 0 saturated carbocycles. The average Bonchev–Trinajstić information content (AvgIpc) is 2.82. The predicted octanol–water partition coefficient (Wildman–Crippen LogP) is 4.24. The third-order valence-corrected chi connectivity index (χ3v) is 4.53. The van der Waals surface area contributed by atoms with E-state index in [-0.39, 0.29) is 6.04 Å². The van der Waals surface area contributed by atoms with Crippen molar-refractivity contribution in [2.24, 2.45) is 5.73 Å². The van der Waals surface area contributed by atoms with Crippen molar-refractivity contribution < 1.29 is 0 Å². The highest BCUT2D eigenvalue weighted by Crippen LogP contribution is 2.22. The van der Waals surface area contributed by atoms with E-state index in [1.54, 1.807) is 0 Å². The summed E-state index contributed by atoms with van der Waals surface area (Å²) >= 11 is 3.53. The van der Waals surface area contributed by atoms with Crippen molar-refractivity contribution in [1.82, 2.24) is 9.55 Å². The molecule has 3 aromatic rings. The van der Waals surface area contributed by atoms with Crippen molar-refractivity contribution in [1.29, 1.82) is 0 Å². The second-order valence-electron chi connectivity index (χ2n) is 6.23. The number of hydrogen-bond donors (Lipinski definition) is 1. The zero-order chi connectivity index (χ0) is 16.4. The van der Waals surface area contributed by atoms with Crippen molar-refractivity contribution in [2.75, 3.05) is 0 Å². The van der Waals surface area contributed by atoms with Gasteiger partial charge in [0, 0.05) is 23.5 Å². The van der Waals surface area contributed by atoms with Crippen molar-refractivity contribution in [3.63, 3.8) is 0 Å². The summed E-state index contributed by atoms with van der Waals surface area (Å²) in [7, 11) is 0. The lowest BCUT2D eigenvalue weighted by atomic mass is 10.1. The van der Waals surface area contributed by atoms with Crippen LogP contribution in [0.4, 0.5) is 0 Å². The first-order valence-electron chi connectivity index (χ1n) is 7.99. The van der Waals surface area contributed by atoms with Gasteiger partial charge in [-0.3, -0.25) is 0 Å². The lowest BCUT2D eigenvalue weighted by molar-refractivity contribution is 0.624. The number of fused-ring (bicyclic) bond motifs is 1. The molecule has 0 fully saturated rings. The Morgan fingerprint density at radius 2 is 1.91 bits per heavy atom. The van der Waals surface area contributed by atoms with E-state index in [4.69, 9.17) is 10.7 Å². The highest BCUT2D eigenvalue weighted by atomic mass is 79.9. The summed E-state index contributed by atoms with van der Waals surface area (Å²) in [5.41, 5.74) is 10.9. The van der Waals surface area contributed by atoms with Crippen LogP contribution < -0.4 is 5.73 Å².